The number of aliphatic hydroxyl groups excluding tert-OH is 1. The molecule has 0 aliphatic carbocycles. The summed E-state index contributed by atoms with van der Waals surface area (Å²) in [6.07, 6.45) is -0.680. The highest BCUT2D eigenvalue weighted by Crippen LogP contribution is 2.20. The second kappa shape index (κ2) is 11.7. The van der Waals surface area contributed by atoms with E-state index in [1.165, 1.54) is 13.2 Å². The van der Waals surface area contributed by atoms with Crippen molar-refractivity contribution < 1.29 is 19.0 Å². The Morgan fingerprint density at radius 3 is 2.41 bits per heavy atom. The third-order valence-corrected chi connectivity index (χ3v) is 5.54. The number of methoxy groups -OCH3 is 2. The number of rotatable bonds is 8. The third kappa shape index (κ3) is 6.34. The number of aliphatic imine (C=N–C) groups is 1. The van der Waals surface area contributed by atoms with Crippen molar-refractivity contribution in [3.05, 3.63) is 59.4 Å². The van der Waals surface area contributed by atoms with Gasteiger partial charge < -0.3 is 24.8 Å². The number of piperazine rings is 1. The molecule has 3 rings (SSSR count). The fraction of sp³-hybridized carbons (Fsp3) is 0.458. The van der Waals surface area contributed by atoms with Crippen molar-refractivity contribution in [1.82, 2.24) is 15.1 Å². The molecule has 174 valence electrons. The van der Waals surface area contributed by atoms with Crippen LogP contribution in [0.15, 0.2) is 47.5 Å². The minimum Gasteiger partial charge on any atom is -0.497 e. The smallest absolute Gasteiger partial charge is 0.194 e. The number of halogens is 1. The summed E-state index contributed by atoms with van der Waals surface area (Å²) >= 11 is 0. The van der Waals surface area contributed by atoms with E-state index >= 15 is 0 Å². The van der Waals surface area contributed by atoms with Gasteiger partial charge in [-0.15, -0.1) is 0 Å². The van der Waals surface area contributed by atoms with Crippen molar-refractivity contribution in [1.29, 1.82) is 0 Å². The Bertz CT molecular complexity index is 883. The van der Waals surface area contributed by atoms with Crippen LogP contribution in [-0.4, -0.2) is 74.4 Å². The van der Waals surface area contributed by atoms with E-state index in [2.05, 4.69) is 20.1 Å². The standard InChI is InChI=1S/C24H33FN4O3/c1-4-26-24(27-16-22(30)19-6-8-20(31-2)9-7-19)29-13-11-28(12-14-29)17-18-5-10-23(32-3)21(25)15-18/h5-10,15,22,30H,4,11-14,16-17H2,1-3H3,(H,26,27). The van der Waals surface area contributed by atoms with Gasteiger partial charge >= 0.3 is 0 Å². The van der Waals surface area contributed by atoms with Crippen molar-refractivity contribution >= 4 is 5.96 Å². The molecule has 1 fully saturated rings. The van der Waals surface area contributed by atoms with Crippen LogP contribution in [0.1, 0.15) is 24.2 Å². The van der Waals surface area contributed by atoms with Crippen LogP contribution in [0.5, 0.6) is 11.5 Å². The number of guanidine groups is 1. The fourth-order valence-electron chi connectivity index (χ4n) is 3.71. The molecule has 7 nitrogen and oxygen atoms in total. The molecule has 2 aromatic carbocycles. The van der Waals surface area contributed by atoms with Gasteiger partial charge in [-0.1, -0.05) is 18.2 Å². The zero-order valence-corrected chi connectivity index (χ0v) is 19.1. The third-order valence-electron chi connectivity index (χ3n) is 5.54. The highest BCUT2D eigenvalue weighted by atomic mass is 19.1. The lowest BCUT2D eigenvalue weighted by molar-refractivity contribution is 0.169. The van der Waals surface area contributed by atoms with Crippen molar-refractivity contribution in [3.8, 4) is 11.5 Å². The first kappa shape index (κ1) is 23.8. The molecule has 1 atom stereocenters. The average Bonchev–Trinajstić information content (AvgIpc) is 2.82. The van der Waals surface area contributed by atoms with E-state index in [9.17, 15) is 9.50 Å². The molecular weight excluding hydrogens is 411 g/mol. The molecule has 1 saturated heterocycles. The molecule has 32 heavy (non-hydrogen) atoms. The van der Waals surface area contributed by atoms with Gasteiger partial charge in [-0.05, 0) is 42.3 Å². The Hall–Kier alpha value is -2.84. The van der Waals surface area contributed by atoms with Crippen molar-refractivity contribution in [3.63, 3.8) is 0 Å². The molecule has 0 spiro atoms. The first-order valence-electron chi connectivity index (χ1n) is 10.9. The second-order valence-electron chi connectivity index (χ2n) is 7.72. The monoisotopic (exact) mass is 444 g/mol. The number of nitrogens with zero attached hydrogens (tertiary/aromatic N) is 3. The Morgan fingerprint density at radius 2 is 1.81 bits per heavy atom. The van der Waals surface area contributed by atoms with Crippen LogP contribution >= 0.6 is 0 Å². The molecule has 1 aliphatic rings. The molecule has 2 N–H and O–H groups in total. The van der Waals surface area contributed by atoms with Gasteiger partial charge in [0.25, 0.3) is 0 Å². The summed E-state index contributed by atoms with van der Waals surface area (Å²) < 4.78 is 24.1. The number of hydrogen-bond acceptors (Lipinski definition) is 5. The van der Waals surface area contributed by atoms with E-state index < -0.39 is 6.10 Å². The van der Waals surface area contributed by atoms with E-state index in [0.717, 1.165) is 55.6 Å². The lowest BCUT2D eigenvalue weighted by atomic mass is 10.1. The molecule has 0 saturated carbocycles. The molecule has 1 unspecified atom stereocenters. The lowest BCUT2D eigenvalue weighted by Gasteiger charge is -2.36. The summed E-state index contributed by atoms with van der Waals surface area (Å²) in [6.45, 7) is 7.07. The molecule has 2 aromatic rings. The first-order valence-corrected chi connectivity index (χ1v) is 10.9. The topological polar surface area (TPSA) is 69.6 Å². The number of aliphatic hydroxyl groups is 1. The van der Waals surface area contributed by atoms with Crippen LogP contribution in [0.25, 0.3) is 0 Å². The summed E-state index contributed by atoms with van der Waals surface area (Å²) in [6, 6.07) is 12.5. The van der Waals surface area contributed by atoms with Crippen molar-refractivity contribution in [2.75, 3.05) is 53.5 Å². The molecule has 1 aliphatic heterocycles. The van der Waals surface area contributed by atoms with Crippen LogP contribution < -0.4 is 14.8 Å². The normalized spacial score (nSPS) is 16.0. The van der Waals surface area contributed by atoms with Gasteiger partial charge in [0.1, 0.15) is 5.75 Å². The maximum atomic E-state index is 14.0. The van der Waals surface area contributed by atoms with Gasteiger partial charge in [0, 0.05) is 39.3 Å². The Kier molecular flexibility index (Phi) is 8.70. The van der Waals surface area contributed by atoms with Crippen LogP contribution in [0.4, 0.5) is 4.39 Å². The molecular formula is C24H33FN4O3. The van der Waals surface area contributed by atoms with Gasteiger partial charge in [-0.3, -0.25) is 9.89 Å². The lowest BCUT2D eigenvalue weighted by Crippen LogP contribution is -2.52. The number of nitrogens with one attached hydrogen (secondary N) is 1. The Morgan fingerprint density at radius 1 is 1.09 bits per heavy atom. The highest BCUT2D eigenvalue weighted by molar-refractivity contribution is 5.80. The first-order chi connectivity index (χ1) is 15.5. The number of benzene rings is 2. The average molecular weight is 445 g/mol. The molecule has 8 heteroatoms. The second-order valence-corrected chi connectivity index (χ2v) is 7.72. The SMILES string of the molecule is CCNC(=NCC(O)c1ccc(OC)cc1)N1CCN(Cc2ccc(OC)c(F)c2)CC1. The van der Waals surface area contributed by atoms with Crippen LogP contribution in [0.3, 0.4) is 0 Å². The summed E-state index contributed by atoms with van der Waals surface area (Å²) in [5.74, 6) is 1.49. The van der Waals surface area contributed by atoms with Gasteiger partial charge in [-0.25, -0.2) is 4.39 Å². The molecule has 0 bridgehead atoms. The summed E-state index contributed by atoms with van der Waals surface area (Å²) in [5.41, 5.74) is 1.74. The van der Waals surface area contributed by atoms with E-state index in [0.29, 0.717) is 6.54 Å². The van der Waals surface area contributed by atoms with Crippen LogP contribution in [0.2, 0.25) is 0 Å². The zero-order valence-electron chi connectivity index (χ0n) is 19.1. The number of hydrogen-bond donors (Lipinski definition) is 2. The van der Waals surface area contributed by atoms with Gasteiger partial charge in [0.15, 0.2) is 17.5 Å². The Balaban J connectivity index is 1.55. The molecule has 0 aromatic heterocycles. The van der Waals surface area contributed by atoms with Crippen molar-refractivity contribution in [2.45, 2.75) is 19.6 Å². The predicted octanol–water partition coefficient (Wildman–Crippen LogP) is 2.66. The minimum absolute atomic E-state index is 0.266. The maximum Gasteiger partial charge on any atom is 0.194 e. The quantitative estimate of drug-likeness (QED) is 0.482. The van der Waals surface area contributed by atoms with E-state index in [1.54, 1.807) is 13.2 Å². The van der Waals surface area contributed by atoms with E-state index in [4.69, 9.17) is 9.47 Å². The van der Waals surface area contributed by atoms with Gasteiger partial charge in [-0.2, -0.15) is 0 Å². The Labute approximate surface area is 189 Å². The zero-order chi connectivity index (χ0) is 22.9. The fourth-order valence-corrected chi connectivity index (χ4v) is 3.71. The van der Waals surface area contributed by atoms with Gasteiger partial charge in [0.05, 0.1) is 26.9 Å². The van der Waals surface area contributed by atoms with E-state index in [1.807, 2.05) is 37.3 Å². The molecule has 1 heterocycles. The highest BCUT2D eigenvalue weighted by Gasteiger charge is 2.20. The summed E-state index contributed by atoms with van der Waals surface area (Å²) in [4.78, 5) is 9.17. The van der Waals surface area contributed by atoms with Crippen LogP contribution in [0, 0.1) is 5.82 Å². The van der Waals surface area contributed by atoms with Crippen molar-refractivity contribution in [2.24, 2.45) is 4.99 Å². The van der Waals surface area contributed by atoms with Crippen LogP contribution in [-0.2, 0) is 6.54 Å². The maximum absolute atomic E-state index is 14.0. The molecule has 0 radical (unpaired) electrons. The van der Waals surface area contributed by atoms with E-state index in [-0.39, 0.29) is 18.1 Å². The largest absolute Gasteiger partial charge is 0.497 e. The summed E-state index contributed by atoms with van der Waals surface area (Å²) in [5, 5.41) is 13.8. The predicted molar refractivity (Wildman–Crippen MR) is 124 cm³/mol. The van der Waals surface area contributed by atoms with Gasteiger partial charge in [0.2, 0.25) is 0 Å². The molecule has 0 amide bonds. The summed E-state index contributed by atoms with van der Waals surface area (Å²) in [7, 11) is 3.09. The number of ether oxygens (including phenoxy) is 2. The minimum atomic E-state index is -0.680.